The van der Waals surface area contributed by atoms with Crippen LogP contribution in [0.3, 0.4) is 0 Å². The summed E-state index contributed by atoms with van der Waals surface area (Å²) in [5, 5.41) is 16.1. The number of carbonyl (C=O) groups excluding carboxylic acids is 10. The topological polar surface area (TPSA) is 261 Å². The number of methoxy groups -OCH3 is 2. The smallest absolute Gasteiger partial charge is 0.327 e. The minimum atomic E-state index is -0.919. The summed E-state index contributed by atoms with van der Waals surface area (Å²) in [6.45, 7) is -0.637. The molecule has 392 valence electrons. The minimum Gasteiger partial charge on any atom is -0.468 e. The van der Waals surface area contributed by atoms with Crippen LogP contribution in [0.4, 0.5) is 22.7 Å². The summed E-state index contributed by atoms with van der Waals surface area (Å²) in [6.07, 6.45) is 0. The summed E-state index contributed by atoms with van der Waals surface area (Å²) in [4.78, 5) is 128. The van der Waals surface area contributed by atoms with E-state index < -0.39 is 65.0 Å². The molecule has 0 saturated heterocycles. The zero-order valence-electron chi connectivity index (χ0n) is 39.3. The van der Waals surface area contributed by atoms with Crippen LogP contribution in [0.5, 0.6) is 0 Å². The number of alkyl halides is 2. The predicted molar refractivity (Wildman–Crippen MR) is 287 cm³/mol. The van der Waals surface area contributed by atoms with E-state index in [1.165, 1.54) is 62.8 Å². The van der Waals surface area contributed by atoms with Gasteiger partial charge in [-0.25, -0.2) is 9.59 Å². The summed E-state index contributed by atoms with van der Waals surface area (Å²) in [5.41, 5.74) is 2.33. The number of anilines is 4. The van der Waals surface area contributed by atoms with Crippen molar-refractivity contribution in [1.29, 1.82) is 0 Å². The average molecular weight is 1070 g/mol. The Morgan fingerprint density at radius 1 is 0.395 bits per heavy atom. The number of fused-ring (bicyclic) bond motifs is 4. The van der Waals surface area contributed by atoms with Crippen molar-refractivity contribution in [2.24, 2.45) is 0 Å². The van der Waals surface area contributed by atoms with Gasteiger partial charge in [0.05, 0.1) is 72.3 Å². The van der Waals surface area contributed by atoms with E-state index in [0.717, 1.165) is 0 Å². The molecule has 0 aromatic heterocycles. The molecule has 4 amide bonds. The number of hydrogen-bond acceptors (Lipinski definition) is 14. The third-order valence-corrected chi connectivity index (χ3v) is 12.0. The molecule has 2 atom stereocenters. The lowest BCUT2D eigenvalue weighted by atomic mass is 9.82. The number of halogens is 2. The molecule has 6 aromatic rings. The third kappa shape index (κ3) is 12.8. The first kappa shape index (κ1) is 58.2. The molecule has 0 saturated carbocycles. The number of benzene rings is 6. The van der Waals surface area contributed by atoms with Gasteiger partial charge in [-0.1, -0.05) is 124 Å². The molecular weight excluding hydrogens is 1020 g/mol. The second-order valence-electron chi connectivity index (χ2n) is 16.2. The van der Waals surface area contributed by atoms with Gasteiger partial charge in [0.15, 0.2) is 23.1 Å². The molecule has 0 heterocycles. The standard InChI is InChI=1S/C36H32N4O8.C18H12Cl2N2O4.2CH4/c1-47-35(45)31(21-11-5-3-6-12-21)37-19-27(41)39-25-17-9-15-23-29(25)34(44)30-24(33(23)43)16-10-18-26(30)40-28(42)20-38-32(36(46)48-2)22-13-7-4-8-14-22;19-7-13(23)21-11-5-1-3-9-15(11)18(26)16-10(17(9)25)4-2-6-12(16)22-14(24)8-20;;/h3-18,31-32,37-38H,19-20H2,1-2H3,(H,39,41)(H,40,42);1-6H,7-8H2,(H,21,23)(H,22,24);2*1H4/t31-,32+;;;. The van der Waals surface area contributed by atoms with Crippen molar-refractivity contribution < 1.29 is 57.4 Å². The molecule has 18 nitrogen and oxygen atoms in total. The van der Waals surface area contributed by atoms with Crippen LogP contribution >= 0.6 is 23.2 Å². The molecular formula is C56H52Cl2N6O12. The number of ether oxygens (including phenoxy) is 2. The normalized spacial score (nSPS) is 12.4. The number of rotatable bonds is 16. The lowest BCUT2D eigenvalue weighted by Gasteiger charge is -2.23. The van der Waals surface area contributed by atoms with Crippen molar-refractivity contribution in [3.8, 4) is 0 Å². The van der Waals surface area contributed by atoms with E-state index in [9.17, 15) is 47.9 Å². The molecule has 6 N–H and O–H groups in total. The quantitative estimate of drug-likeness (QED) is 0.0406. The van der Waals surface area contributed by atoms with Crippen molar-refractivity contribution in [3.63, 3.8) is 0 Å². The highest BCUT2D eigenvalue weighted by atomic mass is 35.5. The Morgan fingerprint density at radius 2 is 0.671 bits per heavy atom. The molecule has 0 spiro atoms. The van der Waals surface area contributed by atoms with Crippen LogP contribution in [-0.4, -0.2) is 97.8 Å². The maximum Gasteiger partial charge on any atom is 0.327 e. The van der Waals surface area contributed by atoms with Gasteiger partial charge in [0.2, 0.25) is 23.6 Å². The molecule has 76 heavy (non-hydrogen) atoms. The maximum absolute atomic E-state index is 14.0. The Labute approximate surface area is 447 Å². The Morgan fingerprint density at radius 3 is 0.934 bits per heavy atom. The molecule has 20 heteroatoms. The van der Waals surface area contributed by atoms with Crippen LogP contribution in [0.2, 0.25) is 0 Å². The fraction of sp³-hybridized carbons (Fsp3) is 0.179. The van der Waals surface area contributed by atoms with Crippen LogP contribution in [0.15, 0.2) is 133 Å². The van der Waals surface area contributed by atoms with E-state index in [1.807, 2.05) is 0 Å². The Balaban J connectivity index is 0.000000322. The highest BCUT2D eigenvalue weighted by molar-refractivity contribution is 6.35. The second-order valence-corrected chi connectivity index (χ2v) is 16.7. The summed E-state index contributed by atoms with van der Waals surface area (Å²) < 4.78 is 9.77. The monoisotopic (exact) mass is 1070 g/mol. The number of carbonyl (C=O) groups is 10. The average Bonchev–Trinajstić information content (AvgIpc) is 3.47. The fourth-order valence-electron chi connectivity index (χ4n) is 8.25. The van der Waals surface area contributed by atoms with Crippen molar-refractivity contribution >= 4 is 105 Å². The molecule has 0 aliphatic heterocycles. The second kappa shape index (κ2) is 26.5. The Kier molecular flexibility index (Phi) is 20.3. The van der Waals surface area contributed by atoms with Crippen LogP contribution in [0, 0.1) is 0 Å². The summed E-state index contributed by atoms with van der Waals surface area (Å²) >= 11 is 11.0. The number of esters is 2. The van der Waals surface area contributed by atoms with Crippen LogP contribution in [-0.2, 0) is 38.2 Å². The number of hydrogen-bond donors (Lipinski definition) is 6. The van der Waals surface area contributed by atoms with Gasteiger partial charge < -0.3 is 30.7 Å². The lowest BCUT2D eigenvalue weighted by Crippen LogP contribution is -2.36. The first-order valence-corrected chi connectivity index (χ1v) is 23.5. The predicted octanol–water partition coefficient (Wildman–Crippen LogP) is 7.44. The van der Waals surface area contributed by atoms with E-state index in [4.69, 9.17) is 32.7 Å². The SMILES string of the molecule is C.C.COC(=O)[C@@H](NCC(=O)Nc1cccc2c1C(=O)c1c(NC(=O)CN[C@@H](C(=O)OC)c3ccccc3)cccc1C2=O)c1ccccc1.O=C(CCl)Nc1cccc2c1C(=O)c1c(NC(=O)CCl)cccc1C2=O. The largest absolute Gasteiger partial charge is 0.468 e. The van der Waals surface area contributed by atoms with Crippen molar-refractivity contribution in [1.82, 2.24) is 10.6 Å². The molecule has 2 aliphatic rings. The number of amides is 4. The molecule has 6 aromatic carbocycles. The van der Waals surface area contributed by atoms with Gasteiger partial charge in [0, 0.05) is 22.3 Å². The van der Waals surface area contributed by atoms with E-state index >= 15 is 0 Å². The van der Waals surface area contributed by atoms with Crippen molar-refractivity contribution in [3.05, 3.63) is 189 Å². The summed E-state index contributed by atoms with van der Waals surface area (Å²) in [6, 6.07) is 33.8. The Hall–Kier alpha value is -8.68. The Bertz CT molecular complexity index is 3040. The molecule has 8 rings (SSSR count). The third-order valence-electron chi connectivity index (χ3n) is 11.6. The van der Waals surface area contributed by atoms with Gasteiger partial charge in [0.25, 0.3) is 0 Å². The highest BCUT2D eigenvalue weighted by Gasteiger charge is 2.36. The van der Waals surface area contributed by atoms with Gasteiger partial charge in [0.1, 0.15) is 23.8 Å². The molecule has 2 aliphatic carbocycles. The van der Waals surface area contributed by atoms with Gasteiger partial charge >= 0.3 is 11.9 Å². The van der Waals surface area contributed by atoms with E-state index in [1.54, 1.807) is 84.9 Å². The van der Waals surface area contributed by atoms with Gasteiger partial charge in [-0.3, -0.25) is 49.0 Å². The number of ketones is 4. The van der Waals surface area contributed by atoms with E-state index in [-0.39, 0.29) is 113 Å². The first-order valence-electron chi connectivity index (χ1n) is 22.5. The summed E-state index contributed by atoms with van der Waals surface area (Å²) in [7, 11) is 2.49. The summed E-state index contributed by atoms with van der Waals surface area (Å²) in [5.74, 6) is -5.83. The zero-order chi connectivity index (χ0) is 53.1. The van der Waals surface area contributed by atoms with E-state index in [0.29, 0.717) is 11.1 Å². The van der Waals surface area contributed by atoms with Gasteiger partial charge in [-0.15, -0.1) is 23.2 Å². The molecule has 0 fully saturated rings. The lowest BCUT2D eigenvalue weighted by molar-refractivity contribution is -0.144. The van der Waals surface area contributed by atoms with Crippen LogP contribution in [0.25, 0.3) is 0 Å². The molecule has 0 radical (unpaired) electrons. The number of nitrogens with one attached hydrogen (secondary N) is 6. The van der Waals surface area contributed by atoms with Gasteiger partial charge in [-0.05, 0) is 35.4 Å². The van der Waals surface area contributed by atoms with Gasteiger partial charge in [-0.2, -0.15) is 0 Å². The molecule has 0 bridgehead atoms. The van der Waals surface area contributed by atoms with Crippen LogP contribution < -0.4 is 31.9 Å². The van der Waals surface area contributed by atoms with E-state index in [2.05, 4.69) is 31.9 Å². The molecule has 0 unspecified atom stereocenters. The van der Waals surface area contributed by atoms with Crippen LogP contribution in [0.1, 0.15) is 102 Å². The first-order chi connectivity index (χ1) is 35.7. The zero-order valence-corrected chi connectivity index (χ0v) is 40.9. The van der Waals surface area contributed by atoms with Crippen molar-refractivity contribution in [2.45, 2.75) is 26.9 Å². The maximum atomic E-state index is 14.0. The minimum absolute atomic E-state index is 0. The van der Waals surface area contributed by atoms with Crippen molar-refractivity contribution in [2.75, 3.05) is 60.3 Å². The fourth-order valence-corrected chi connectivity index (χ4v) is 8.38. The highest BCUT2D eigenvalue weighted by Crippen LogP contribution is 2.37.